The zero-order valence-electron chi connectivity index (χ0n) is 11.5. The van der Waals surface area contributed by atoms with E-state index >= 15 is 0 Å². The molecule has 4 N–H and O–H groups in total. The fraction of sp³-hybridized carbons (Fsp3) is 0.833. The molecule has 0 radical (unpaired) electrons. The van der Waals surface area contributed by atoms with Crippen molar-refractivity contribution in [3.8, 4) is 0 Å². The van der Waals surface area contributed by atoms with Gasteiger partial charge < -0.3 is 25.6 Å². The van der Waals surface area contributed by atoms with E-state index in [0.717, 1.165) is 39.3 Å². The minimum atomic E-state index is -1.43. The van der Waals surface area contributed by atoms with Crippen LogP contribution in [0.2, 0.25) is 0 Å². The molecule has 1 fully saturated rings. The summed E-state index contributed by atoms with van der Waals surface area (Å²) in [4.78, 5) is 24.0. The average molecular weight is 289 g/mol. The summed E-state index contributed by atoms with van der Waals surface area (Å²) in [6.07, 6.45) is -0.585. The molecule has 1 unspecified atom stereocenters. The minimum absolute atomic E-state index is 0.00344. The fourth-order valence-electron chi connectivity index (χ4n) is 1.84. The topological polar surface area (TPSA) is 111 Å². The van der Waals surface area contributed by atoms with Gasteiger partial charge in [-0.2, -0.15) is 0 Å². The van der Waals surface area contributed by atoms with E-state index in [1.807, 2.05) is 0 Å². The maximum atomic E-state index is 11.4. The molecule has 1 aliphatic heterocycles. The smallest absolute Gasteiger partial charge is 0.332 e. The van der Waals surface area contributed by atoms with Crippen molar-refractivity contribution < 1.29 is 24.5 Å². The third-order valence-corrected chi connectivity index (χ3v) is 3.03. The van der Waals surface area contributed by atoms with Crippen molar-refractivity contribution in [2.75, 3.05) is 45.9 Å². The Kier molecular flexibility index (Phi) is 7.93. The Morgan fingerprint density at radius 3 is 2.50 bits per heavy atom. The van der Waals surface area contributed by atoms with Crippen LogP contribution < -0.4 is 10.6 Å². The van der Waals surface area contributed by atoms with Crippen molar-refractivity contribution in [1.29, 1.82) is 0 Å². The first-order valence-corrected chi connectivity index (χ1v) is 6.82. The third kappa shape index (κ3) is 7.27. The summed E-state index contributed by atoms with van der Waals surface area (Å²) in [5, 5.41) is 22.7. The van der Waals surface area contributed by atoms with Gasteiger partial charge in [0.15, 0.2) is 6.10 Å². The van der Waals surface area contributed by atoms with Gasteiger partial charge in [0.2, 0.25) is 0 Å². The van der Waals surface area contributed by atoms with E-state index in [1.165, 1.54) is 0 Å². The molecule has 0 saturated carbocycles. The normalized spacial score (nSPS) is 17.4. The number of morpholine rings is 1. The average Bonchev–Trinajstić information content (AvgIpc) is 2.44. The Morgan fingerprint density at radius 1 is 1.20 bits per heavy atom. The summed E-state index contributed by atoms with van der Waals surface area (Å²) < 4.78 is 5.24. The van der Waals surface area contributed by atoms with Gasteiger partial charge in [-0.05, 0) is 13.0 Å². The van der Waals surface area contributed by atoms with Crippen molar-refractivity contribution in [1.82, 2.24) is 15.5 Å². The molecule has 8 heteroatoms. The maximum absolute atomic E-state index is 11.4. The molecule has 0 aromatic heterocycles. The number of carbonyl (C=O) groups is 2. The molecule has 0 spiro atoms. The molecule has 1 saturated heterocycles. The van der Waals surface area contributed by atoms with Gasteiger partial charge in [-0.15, -0.1) is 0 Å². The van der Waals surface area contributed by atoms with Crippen LogP contribution in [0.3, 0.4) is 0 Å². The SMILES string of the molecule is O=C(NCCCN1CCOCC1)NCCC(O)C(=O)O. The highest BCUT2D eigenvalue weighted by Gasteiger charge is 2.13. The lowest BCUT2D eigenvalue weighted by Crippen LogP contribution is -2.40. The molecule has 0 bridgehead atoms. The monoisotopic (exact) mass is 289 g/mol. The van der Waals surface area contributed by atoms with Crippen LogP contribution in [0.15, 0.2) is 0 Å². The number of nitrogens with zero attached hydrogens (tertiary/aromatic N) is 1. The second-order valence-electron chi connectivity index (χ2n) is 4.63. The predicted octanol–water partition coefficient (Wildman–Crippen LogP) is -1.16. The van der Waals surface area contributed by atoms with Crippen LogP contribution >= 0.6 is 0 Å². The third-order valence-electron chi connectivity index (χ3n) is 3.03. The highest BCUT2D eigenvalue weighted by molar-refractivity contribution is 5.74. The first-order valence-electron chi connectivity index (χ1n) is 6.82. The number of aliphatic carboxylic acids is 1. The van der Waals surface area contributed by atoms with Crippen LogP contribution in [0, 0.1) is 0 Å². The van der Waals surface area contributed by atoms with Gasteiger partial charge in [0.05, 0.1) is 13.2 Å². The molecule has 0 aliphatic carbocycles. The van der Waals surface area contributed by atoms with Gasteiger partial charge in [-0.25, -0.2) is 9.59 Å². The van der Waals surface area contributed by atoms with Crippen LogP contribution in [0.5, 0.6) is 0 Å². The number of carboxylic acids is 1. The van der Waals surface area contributed by atoms with Crippen molar-refractivity contribution >= 4 is 12.0 Å². The van der Waals surface area contributed by atoms with Gasteiger partial charge in [-0.3, -0.25) is 4.90 Å². The van der Waals surface area contributed by atoms with Crippen LogP contribution in [-0.4, -0.2) is 79.2 Å². The van der Waals surface area contributed by atoms with Gasteiger partial charge in [0.25, 0.3) is 0 Å². The van der Waals surface area contributed by atoms with Crippen LogP contribution in [0.4, 0.5) is 4.79 Å². The Bertz CT molecular complexity index is 307. The molecule has 8 nitrogen and oxygen atoms in total. The van der Waals surface area contributed by atoms with E-state index in [4.69, 9.17) is 14.9 Å². The molecule has 1 rings (SSSR count). The van der Waals surface area contributed by atoms with E-state index in [0.29, 0.717) is 6.54 Å². The highest BCUT2D eigenvalue weighted by atomic mass is 16.5. The fourth-order valence-corrected chi connectivity index (χ4v) is 1.84. The largest absolute Gasteiger partial charge is 0.479 e. The zero-order valence-corrected chi connectivity index (χ0v) is 11.5. The van der Waals surface area contributed by atoms with Crippen LogP contribution in [-0.2, 0) is 9.53 Å². The molecule has 20 heavy (non-hydrogen) atoms. The first-order chi connectivity index (χ1) is 9.59. The number of hydrogen-bond acceptors (Lipinski definition) is 5. The van der Waals surface area contributed by atoms with Crippen LogP contribution in [0.1, 0.15) is 12.8 Å². The highest BCUT2D eigenvalue weighted by Crippen LogP contribution is 1.97. The molecular formula is C12H23N3O5. The molecule has 1 atom stereocenters. The quantitative estimate of drug-likeness (QED) is 0.420. The number of carboxylic acid groups (broad SMARTS) is 1. The summed E-state index contributed by atoms with van der Waals surface area (Å²) >= 11 is 0. The molecule has 2 amide bonds. The Morgan fingerprint density at radius 2 is 1.85 bits per heavy atom. The van der Waals surface area contributed by atoms with Crippen molar-refractivity contribution in [2.24, 2.45) is 0 Å². The second kappa shape index (κ2) is 9.51. The summed E-state index contributed by atoms with van der Waals surface area (Å²) in [6, 6.07) is -0.343. The summed E-state index contributed by atoms with van der Waals surface area (Å²) in [5.74, 6) is -1.28. The van der Waals surface area contributed by atoms with Crippen LogP contribution in [0.25, 0.3) is 0 Å². The summed E-state index contributed by atoms with van der Waals surface area (Å²) in [7, 11) is 0. The predicted molar refractivity (Wildman–Crippen MR) is 71.5 cm³/mol. The number of carbonyl (C=O) groups excluding carboxylic acids is 1. The Hall–Kier alpha value is -1.38. The molecule has 1 heterocycles. The zero-order chi connectivity index (χ0) is 14.8. The lowest BCUT2D eigenvalue weighted by molar-refractivity contribution is -0.146. The molecule has 0 aromatic carbocycles. The molecule has 0 aromatic rings. The number of urea groups is 1. The van der Waals surface area contributed by atoms with Crippen molar-refractivity contribution in [2.45, 2.75) is 18.9 Å². The van der Waals surface area contributed by atoms with E-state index in [1.54, 1.807) is 0 Å². The number of aliphatic hydroxyl groups excluding tert-OH is 1. The van der Waals surface area contributed by atoms with Crippen molar-refractivity contribution in [3.63, 3.8) is 0 Å². The van der Waals surface area contributed by atoms with E-state index < -0.39 is 12.1 Å². The lowest BCUT2D eigenvalue weighted by atomic mass is 10.2. The Labute approximate surface area is 118 Å². The molecule has 1 aliphatic rings. The standard InChI is InChI=1S/C12H23N3O5/c16-10(11(17)18)2-4-14-12(19)13-3-1-5-15-6-8-20-9-7-15/h10,16H,1-9H2,(H,17,18)(H2,13,14,19). The number of amides is 2. The number of ether oxygens (including phenoxy) is 1. The van der Waals surface area contributed by atoms with E-state index in [-0.39, 0.29) is 19.0 Å². The lowest BCUT2D eigenvalue weighted by Gasteiger charge is -2.26. The Balaban J connectivity index is 1.95. The maximum Gasteiger partial charge on any atom is 0.332 e. The van der Waals surface area contributed by atoms with Crippen molar-refractivity contribution in [3.05, 3.63) is 0 Å². The summed E-state index contributed by atoms with van der Waals surface area (Å²) in [6.45, 7) is 4.99. The molecular weight excluding hydrogens is 266 g/mol. The van der Waals surface area contributed by atoms with Gasteiger partial charge in [0.1, 0.15) is 0 Å². The summed E-state index contributed by atoms with van der Waals surface area (Å²) in [5.41, 5.74) is 0. The number of rotatable bonds is 8. The number of nitrogens with one attached hydrogen (secondary N) is 2. The van der Waals surface area contributed by atoms with Gasteiger partial charge in [0, 0.05) is 32.6 Å². The van der Waals surface area contributed by atoms with E-state index in [9.17, 15) is 9.59 Å². The first kappa shape index (κ1) is 16.7. The number of hydrogen-bond donors (Lipinski definition) is 4. The van der Waals surface area contributed by atoms with E-state index in [2.05, 4.69) is 15.5 Å². The molecule has 116 valence electrons. The van der Waals surface area contributed by atoms with Gasteiger partial charge >= 0.3 is 12.0 Å². The van der Waals surface area contributed by atoms with Gasteiger partial charge in [-0.1, -0.05) is 0 Å². The minimum Gasteiger partial charge on any atom is -0.479 e. The second-order valence-corrected chi connectivity index (χ2v) is 4.63. The number of aliphatic hydroxyl groups is 1.